The van der Waals surface area contributed by atoms with E-state index in [0.717, 1.165) is 18.5 Å². The molecule has 0 amide bonds. The molecule has 0 atom stereocenters. The van der Waals surface area contributed by atoms with Crippen LogP contribution in [0.2, 0.25) is 5.15 Å². The number of aromatic nitrogens is 4. The first-order valence-corrected chi connectivity index (χ1v) is 4.95. The molecule has 4 nitrogen and oxygen atoms in total. The van der Waals surface area contributed by atoms with Crippen molar-refractivity contribution in [3.05, 3.63) is 17.3 Å². The minimum absolute atomic E-state index is 0.485. The van der Waals surface area contributed by atoms with Gasteiger partial charge in [0.05, 0.1) is 6.33 Å². The minimum atomic E-state index is 0.485. The fraction of sp³-hybridized carbons (Fsp3) is 0.444. The summed E-state index contributed by atoms with van der Waals surface area (Å²) in [4.78, 5) is 12.5. The fourth-order valence-corrected chi connectivity index (χ4v) is 1.76. The van der Waals surface area contributed by atoms with Gasteiger partial charge < -0.3 is 4.57 Å². The van der Waals surface area contributed by atoms with E-state index in [-0.39, 0.29) is 0 Å². The summed E-state index contributed by atoms with van der Waals surface area (Å²) in [7, 11) is 0. The quantitative estimate of drug-likeness (QED) is 0.714. The van der Waals surface area contributed by atoms with Gasteiger partial charge in [0.1, 0.15) is 11.3 Å². The van der Waals surface area contributed by atoms with Gasteiger partial charge in [-0.3, -0.25) is 0 Å². The highest BCUT2D eigenvalue weighted by atomic mass is 35.5. The largest absolute Gasteiger partial charge is 0.327 e. The predicted octanol–water partition coefficient (Wildman–Crippen LogP) is 2.20. The Bertz CT molecular complexity index is 463. The van der Waals surface area contributed by atoms with Crippen LogP contribution in [0.4, 0.5) is 0 Å². The molecular weight excluding hydrogens is 200 g/mol. The summed E-state index contributed by atoms with van der Waals surface area (Å²) >= 11 is 6.03. The van der Waals surface area contributed by atoms with Gasteiger partial charge in [0.15, 0.2) is 10.8 Å². The van der Waals surface area contributed by atoms with E-state index in [2.05, 4.69) is 21.9 Å². The van der Waals surface area contributed by atoms with Crippen LogP contribution in [0, 0.1) is 6.92 Å². The number of hydrogen-bond donors (Lipinski definition) is 0. The van der Waals surface area contributed by atoms with Gasteiger partial charge in [0, 0.05) is 6.54 Å². The number of rotatable bonds is 2. The summed E-state index contributed by atoms with van der Waals surface area (Å²) in [6.07, 6.45) is 2.80. The van der Waals surface area contributed by atoms with E-state index in [0.29, 0.717) is 16.6 Å². The molecule has 2 rings (SSSR count). The Hall–Kier alpha value is -1.16. The van der Waals surface area contributed by atoms with Gasteiger partial charge in [-0.15, -0.1) is 0 Å². The third-order valence-corrected chi connectivity index (χ3v) is 2.27. The van der Waals surface area contributed by atoms with Gasteiger partial charge in [0.25, 0.3) is 0 Å². The monoisotopic (exact) mass is 210 g/mol. The van der Waals surface area contributed by atoms with E-state index < -0.39 is 0 Å². The van der Waals surface area contributed by atoms with E-state index in [1.165, 1.54) is 0 Å². The molecule has 14 heavy (non-hydrogen) atoms. The Morgan fingerprint density at radius 2 is 2.21 bits per heavy atom. The molecule has 0 aromatic carbocycles. The number of hydrogen-bond acceptors (Lipinski definition) is 3. The van der Waals surface area contributed by atoms with Crippen molar-refractivity contribution < 1.29 is 0 Å². The van der Waals surface area contributed by atoms with E-state index >= 15 is 0 Å². The molecule has 0 spiro atoms. The lowest BCUT2D eigenvalue weighted by atomic mass is 10.4. The topological polar surface area (TPSA) is 43.6 Å². The number of halogens is 1. The summed E-state index contributed by atoms with van der Waals surface area (Å²) in [5.74, 6) is 0.657. The van der Waals surface area contributed by atoms with Gasteiger partial charge in [-0.1, -0.05) is 18.5 Å². The molecule has 2 heterocycles. The zero-order valence-electron chi connectivity index (χ0n) is 8.16. The van der Waals surface area contributed by atoms with Crippen LogP contribution in [0.15, 0.2) is 6.33 Å². The molecule has 0 aliphatic rings. The summed E-state index contributed by atoms with van der Waals surface area (Å²) in [5, 5.41) is 0.485. The second kappa shape index (κ2) is 3.53. The number of fused-ring (bicyclic) bond motifs is 1. The highest BCUT2D eigenvalue weighted by Gasteiger charge is 2.09. The molecule has 2 aromatic rings. The number of imidazole rings is 1. The average Bonchev–Trinajstić information content (AvgIpc) is 2.49. The average molecular weight is 211 g/mol. The second-order valence-corrected chi connectivity index (χ2v) is 3.53. The van der Waals surface area contributed by atoms with E-state index in [1.807, 2.05) is 11.5 Å². The molecule has 0 N–H and O–H groups in total. The maximum Gasteiger partial charge on any atom is 0.182 e. The molecule has 5 heteroatoms. The Labute approximate surface area is 87.0 Å². The zero-order valence-corrected chi connectivity index (χ0v) is 8.91. The van der Waals surface area contributed by atoms with Crippen molar-refractivity contribution in [3.63, 3.8) is 0 Å². The molecule has 0 unspecified atom stereocenters. The second-order valence-electron chi connectivity index (χ2n) is 3.17. The van der Waals surface area contributed by atoms with Gasteiger partial charge in [-0.25, -0.2) is 15.0 Å². The smallest absolute Gasteiger partial charge is 0.182 e. The van der Waals surface area contributed by atoms with Crippen molar-refractivity contribution in [2.24, 2.45) is 0 Å². The van der Waals surface area contributed by atoms with E-state index in [9.17, 15) is 0 Å². The van der Waals surface area contributed by atoms with Crippen molar-refractivity contribution in [1.82, 2.24) is 19.5 Å². The van der Waals surface area contributed by atoms with Gasteiger partial charge >= 0.3 is 0 Å². The lowest BCUT2D eigenvalue weighted by Crippen LogP contribution is -1.97. The number of nitrogens with zero attached hydrogens (tertiary/aromatic N) is 4. The molecule has 0 aliphatic heterocycles. The maximum atomic E-state index is 6.03. The van der Waals surface area contributed by atoms with Crippen LogP contribution in [0.1, 0.15) is 19.2 Å². The predicted molar refractivity (Wildman–Crippen MR) is 55.4 cm³/mol. The fourth-order valence-electron chi connectivity index (χ4n) is 1.45. The SMILES string of the molecule is CCCn1cnc2nc(C)nc(Cl)c21. The van der Waals surface area contributed by atoms with Crippen LogP contribution in [0.25, 0.3) is 11.2 Å². The van der Waals surface area contributed by atoms with Crippen molar-refractivity contribution >= 4 is 22.8 Å². The standard InChI is InChI=1S/C9H11ClN4/c1-3-4-14-5-11-9-7(14)8(10)12-6(2)13-9/h5H,3-4H2,1-2H3. The van der Waals surface area contributed by atoms with Crippen LogP contribution in [-0.4, -0.2) is 19.5 Å². The Morgan fingerprint density at radius 1 is 1.43 bits per heavy atom. The van der Waals surface area contributed by atoms with E-state index in [4.69, 9.17) is 11.6 Å². The molecular formula is C9H11ClN4. The minimum Gasteiger partial charge on any atom is -0.327 e. The zero-order chi connectivity index (χ0) is 10.1. The van der Waals surface area contributed by atoms with Crippen molar-refractivity contribution in [2.75, 3.05) is 0 Å². The molecule has 0 saturated carbocycles. The normalized spacial score (nSPS) is 11.1. The summed E-state index contributed by atoms with van der Waals surface area (Å²) in [6, 6.07) is 0. The van der Waals surface area contributed by atoms with Crippen LogP contribution in [0.3, 0.4) is 0 Å². The lowest BCUT2D eigenvalue weighted by Gasteiger charge is -2.02. The van der Waals surface area contributed by atoms with Crippen molar-refractivity contribution in [2.45, 2.75) is 26.8 Å². The Morgan fingerprint density at radius 3 is 2.93 bits per heavy atom. The first kappa shape index (κ1) is 9.40. The van der Waals surface area contributed by atoms with Crippen LogP contribution >= 0.6 is 11.6 Å². The van der Waals surface area contributed by atoms with Crippen LogP contribution in [-0.2, 0) is 6.54 Å². The molecule has 2 aromatic heterocycles. The van der Waals surface area contributed by atoms with Gasteiger partial charge in [0.2, 0.25) is 0 Å². The molecule has 0 aliphatic carbocycles. The van der Waals surface area contributed by atoms with Crippen LogP contribution in [0.5, 0.6) is 0 Å². The summed E-state index contributed by atoms with van der Waals surface area (Å²) in [6.45, 7) is 4.81. The third-order valence-electron chi connectivity index (χ3n) is 2.01. The first-order chi connectivity index (χ1) is 6.72. The molecule has 0 saturated heterocycles. The van der Waals surface area contributed by atoms with Crippen LogP contribution < -0.4 is 0 Å². The Balaban J connectivity index is 2.66. The summed E-state index contributed by atoms with van der Waals surface area (Å²) < 4.78 is 1.98. The molecule has 74 valence electrons. The Kier molecular flexibility index (Phi) is 2.37. The van der Waals surface area contributed by atoms with E-state index in [1.54, 1.807) is 6.33 Å². The first-order valence-electron chi connectivity index (χ1n) is 4.57. The maximum absolute atomic E-state index is 6.03. The highest BCUT2D eigenvalue weighted by Crippen LogP contribution is 2.19. The summed E-state index contributed by atoms with van der Waals surface area (Å²) in [5.41, 5.74) is 1.51. The molecule has 0 radical (unpaired) electrons. The van der Waals surface area contributed by atoms with Gasteiger partial charge in [-0.05, 0) is 13.3 Å². The third kappa shape index (κ3) is 1.46. The van der Waals surface area contributed by atoms with Gasteiger partial charge in [-0.2, -0.15) is 0 Å². The van der Waals surface area contributed by atoms with Crippen molar-refractivity contribution in [3.8, 4) is 0 Å². The number of aryl methyl sites for hydroxylation is 2. The highest BCUT2D eigenvalue weighted by molar-refractivity contribution is 6.33. The molecule has 0 fully saturated rings. The lowest BCUT2D eigenvalue weighted by molar-refractivity contribution is 0.696. The molecule has 0 bridgehead atoms. The van der Waals surface area contributed by atoms with Crippen molar-refractivity contribution in [1.29, 1.82) is 0 Å².